The van der Waals surface area contributed by atoms with Crippen LogP contribution in [0.15, 0.2) is 35.4 Å². The minimum Gasteiger partial charge on any atom is -0.285 e. The number of benzene rings is 1. The maximum atomic E-state index is 11.5. The molecular weight excluding hydrogens is 202 g/mol. The lowest BCUT2D eigenvalue weighted by molar-refractivity contribution is 0.585. The van der Waals surface area contributed by atoms with Gasteiger partial charge in [-0.1, -0.05) is 29.8 Å². The normalized spacial score (nSPS) is 10.6. The molecule has 0 aliphatic rings. The van der Waals surface area contributed by atoms with Crippen molar-refractivity contribution in [2.75, 3.05) is 0 Å². The first kappa shape index (κ1) is 10.7. The van der Waals surface area contributed by atoms with Crippen molar-refractivity contribution in [3.63, 3.8) is 0 Å². The van der Waals surface area contributed by atoms with Crippen LogP contribution in [0.3, 0.4) is 0 Å². The van der Waals surface area contributed by atoms with Crippen LogP contribution in [0.4, 0.5) is 0 Å². The predicted molar refractivity (Wildman–Crippen MR) is 62.4 cm³/mol. The molecule has 1 aromatic heterocycles. The van der Waals surface area contributed by atoms with Crippen molar-refractivity contribution in [1.29, 1.82) is 0 Å². The Labute approximate surface area is 94.1 Å². The highest BCUT2D eigenvalue weighted by Crippen LogP contribution is 2.04. The third kappa shape index (κ3) is 2.21. The molecule has 2 aromatic rings. The fourth-order valence-corrected chi connectivity index (χ4v) is 1.56. The second kappa shape index (κ2) is 4.35. The number of aryl methyl sites for hydroxylation is 4. The standard InChI is InChI=1S/C12H15N3O/c1-10-3-5-11(6-4-10)7-8-15-12(16)14(2)9-13-15/h3-6,9H,7-8H2,1-2H3. The summed E-state index contributed by atoms with van der Waals surface area (Å²) in [6, 6.07) is 8.33. The highest BCUT2D eigenvalue weighted by atomic mass is 16.2. The van der Waals surface area contributed by atoms with Crippen LogP contribution in [0, 0.1) is 6.92 Å². The Morgan fingerprint density at radius 1 is 1.25 bits per heavy atom. The summed E-state index contributed by atoms with van der Waals surface area (Å²) in [6.07, 6.45) is 2.37. The van der Waals surface area contributed by atoms with Crippen LogP contribution < -0.4 is 5.69 Å². The Bertz CT molecular complexity index is 522. The molecule has 0 amide bonds. The van der Waals surface area contributed by atoms with E-state index < -0.39 is 0 Å². The number of hydrogen-bond acceptors (Lipinski definition) is 2. The van der Waals surface area contributed by atoms with Crippen LogP contribution in [0.2, 0.25) is 0 Å². The molecule has 4 nitrogen and oxygen atoms in total. The molecule has 0 atom stereocenters. The summed E-state index contributed by atoms with van der Waals surface area (Å²) in [5.74, 6) is 0. The van der Waals surface area contributed by atoms with Crippen molar-refractivity contribution in [2.45, 2.75) is 19.9 Å². The lowest BCUT2D eigenvalue weighted by Gasteiger charge is -2.01. The molecule has 0 bridgehead atoms. The van der Waals surface area contributed by atoms with Crippen molar-refractivity contribution < 1.29 is 0 Å². The molecule has 0 aliphatic carbocycles. The maximum Gasteiger partial charge on any atom is 0.345 e. The second-order valence-electron chi connectivity index (χ2n) is 3.98. The van der Waals surface area contributed by atoms with E-state index >= 15 is 0 Å². The average molecular weight is 217 g/mol. The fourth-order valence-electron chi connectivity index (χ4n) is 1.56. The summed E-state index contributed by atoms with van der Waals surface area (Å²) in [6.45, 7) is 2.69. The molecule has 0 N–H and O–H groups in total. The third-order valence-electron chi connectivity index (χ3n) is 2.62. The van der Waals surface area contributed by atoms with E-state index in [9.17, 15) is 4.79 Å². The lowest BCUT2D eigenvalue weighted by atomic mass is 10.1. The van der Waals surface area contributed by atoms with E-state index in [0.717, 1.165) is 6.42 Å². The van der Waals surface area contributed by atoms with E-state index in [2.05, 4.69) is 36.3 Å². The number of hydrogen-bond donors (Lipinski definition) is 0. The van der Waals surface area contributed by atoms with Crippen LogP contribution in [0.5, 0.6) is 0 Å². The van der Waals surface area contributed by atoms with Gasteiger partial charge in [0.15, 0.2) is 0 Å². The first-order valence-electron chi connectivity index (χ1n) is 5.31. The van der Waals surface area contributed by atoms with Crippen molar-refractivity contribution >= 4 is 0 Å². The first-order chi connectivity index (χ1) is 7.66. The Kier molecular flexibility index (Phi) is 2.90. The topological polar surface area (TPSA) is 39.8 Å². The van der Waals surface area contributed by atoms with Gasteiger partial charge in [-0.25, -0.2) is 9.48 Å². The fraction of sp³-hybridized carbons (Fsp3) is 0.333. The van der Waals surface area contributed by atoms with E-state index in [1.165, 1.54) is 26.7 Å². The summed E-state index contributed by atoms with van der Waals surface area (Å²) in [5.41, 5.74) is 2.41. The maximum absolute atomic E-state index is 11.5. The monoisotopic (exact) mass is 217 g/mol. The summed E-state index contributed by atoms with van der Waals surface area (Å²) >= 11 is 0. The van der Waals surface area contributed by atoms with Crippen LogP contribution in [-0.4, -0.2) is 14.3 Å². The second-order valence-corrected chi connectivity index (χ2v) is 3.98. The Morgan fingerprint density at radius 3 is 2.50 bits per heavy atom. The van der Waals surface area contributed by atoms with Crippen LogP contribution >= 0.6 is 0 Å². The smallest absolute Gasteiger partial charge is 0.285 e. The third-order valence-corrected chi connectivity index (χ3v) is 2.62. The summed E-state index contributed by atoms with van der Waals surface area (Å²) < 4.78 is 2.97. The lowest BCUT2D eigenvalue weighted by Crippen LogP contribution is -2.23. The van der Waals surface area contributed by atoms with Gasteiger partial charge in [0.1, 0.15) is 6.33 Å². The minimum absolute atomic E-state index is 0.0629. The van der Waals surface area contributed by atoms with Gasteiger partial charge >= 0.3 is 5.69 Å². The Balaban J connectivity index is 2.05. The van der Waals surface area contributed by atoms with E-state index in [0.29, 0.717) is 6.54 Å². The molecule has 16 heavy (non-hydrogen) atoms. The summed E-state index contributed by atoms with van der Waals surface area (Å²) in [7, 11) is 1.71. The van der Waals surface area contributed by atoms with Gasteiger partial charge < -0.3 is 0 Å². The molecule has 2 rings (SSSR count). The van der Waals surface area contributed by atoms with Crippen LogP contribution in [-0.2, 0) is 20.0 Å². The molecule has 1 heterocycles. The molecule has 0 radical (unpaired) electrons. The molecule has 4 heteroatoms. The number of aromatic nitrogens is 3. The molecule has 1 aromatic carbocycles. The molecule has 0 spiro atoms. The van der Waals surface area contributed by atoms with Crippen LogP contribution in [0.25, 0.3) is 0 Å². The zero-order valence-corrected chi connectivity index (χ0v) is 9.55. The zero-order valence-electron chi connectivity index (χ0n) is 9.55. The average Bonchev–Trinajstić information content (AvgIpc) is 2.60. The molecular formula is C12H15N3O. The highest BCUT2D eigenvalue weighted by molar-refractivity contribution is 5.21. The van der Waals surface area contributed by atoms with E-state index in [-0.39, 0.29) is 5.69 Å². The Morgan fingerprint density at radius 2 is 1.94 bits per heavy atom. The molecule has 0 unspecified atom stereocenters. The molecule has 0 fully saturated rings. The molecule has 0 saturated heterocycles. The van der Waals surface area contributed by atoms with Gasteiger partial charge in [0.2, 0.25) is 0 Å². The van der Waals surface area contributed by atoms with Crippen molar-refractivity contribution in [3.8, 4) is 0 Å². The minimum atomic E-state index is -0.0629. The number of rotatable bonds is 3. The van der Waals surface area contributed by atoms with Crippen molar-refractivity contribution in [3.05, 3.63) is 52.2 Å². The van der Waals surface area contributed by atoms with E-state index in [1.807, 2.05) is 0 Å². The quantitative estimate of drug-likeness (QED) is 0.773. The molecule has 84 valence electrons. The van der Waals surface area contributed by atoms with Crippen molar-refractivity contribution in [1.82, 2.24) is 14.3 Å². The van der Waals surface area contributed by atoms with E-state index in [1.54, 1.807) is 7.05 Å². The van der Waals surface area contributed by atoms with Crippen LogP contribution in [0.1, 0.15) is 11.1 Å². The largest absolute Gasteiger partial charge is 0.345 e. The van der Waals surface area contributed by atoms with Gasteiger partial charge in [0.25, 0.3) is 0 Å². The predicted octanol–water partition coefficient (Wildman–Crippen LogP) is 1.13. The number of nitrogens with zero attached hydrogens (tertiary/aromatic N) is 3. The van der Waals surface area contributed by atoms with Gasteiger partial charge in [-0.2, -0.15) is 5.10 Å². The molecule has 0 saturated carbocycles. The Hall–Kier alpha value is -1.84. The van der Waals surface area contributed by atoms with Gasteiger partial charge in [0.05, 0.1) is 6.54 Å². The zero-order chi connectivity index (χ0) is 11.5. The van der Waals surface area contributed by atoms with Gasteiger partial charge in [-0.3, -0.25) is 4.57 Å². The van der Waals surface area contributed by atoms with Gasteiger partial charge in [0, 0.05) is 7.05 Å². The highest BCUT2D eigenvalue weighted by Gasteiger charge is 2.01. The SMILES string of the molecule is Cc1ccc(CCn2ncn(C)c2=O)cc1. The van der Waals surface area contributed by atoms with Crippen molar-refractivity contribution in [2.24, 2.45) is 7.05 Å². The van der Waals surface area contributed by atoms with Gasteiger partial charge in [-0.05, 0) is 18.9 Å². The first-order valence-corrected chi connectivity index (χ1v) is 5.31. The summed E-state index contributed by atoms with van der Waals surface area (Å²) in [4.78, 5) is 11.5. The van der Waals surface area contributed by atoms with E-state index in [4.69, 9.17) is 0 Å². The molecule has 0 aliphatic heterocycles. The van der Waals surface area contributed by atoms with Gasteiger partial charge in [-0.15, -0.1) is 0 Å². The summed E-state index contributed by atoms with van der Waals surface area (Å²) in [5, 5.41) is 4.02.